The van der Waals surface area contributed by atoms with Crippen LogP contribution < -0.4 is 5.32 Å². The Morgan fingerprint density at radius 1 is 1.16 bits per heavy atom. The summed E-state index contributed by atoms with van der Waals surface area (Å²) in [5, 5.41) is 15.9. The Labute approximate surface area is 182 Å². The highest BCUT2D eigenvalue weighted by Crippen LogP contribution is 2.38. The summed E-state index contributed by atoms with van der Waals surface area (Å²) in [7, 11) is 0. The van der Waals surface area contributed by atoms with Crippen LogP contribution in [0.1, 0.15) is 53.5 Å². The standard InChI is InChI=1S/C22H24F3N3O4/c23-22(24,25)15-11-26-28(12-15)9-3-8-18(20(29)30)32-21(31)27-19-16-6-1-4-13(16)10-14-5-2-7-17(14)19/h10-12,18H,1-9H2,(H,27,31)(H,29,30)/t18-/m1/s1. The van der Waals surface area contributed by atoms with E-state index in [0.29, 0.717) is 0 Å². The number of anilines is 1. The fraction of sp³-hybridized carbons (Fsp3) is 0.500. The number of rotatable bonds is 7. The molecule has 0 aliphatic heterocycles. The van der Waals surface area contributed by atoms with Crippen LogP contribution in [-0.4, -0.2) is 33.1 Å². The van der Waals surface area contributed by atoms with Crippen LogP contribution >= 0.6 is 0 Å². The third-order valence-electron chi connectivity index (χ3n) is 6.04. The molecule has 7 nitrogen and oxygen atoms in total. The minimum Gasteiger partial charge on any atom is -0.479 e. The zero-order chi connectivity index (χ0) is 22.9. The van der Waals surface area contributed by atoms with E-state index in [9.17, 15) is 27.9 Å². The monoisotopic (exact) mass is 451 g/mol. The molecular weight excluding hydrogens is 427 g/mol. The summed E-state index contributed by atoms with van der Waals surface area (Å²) >= 11 is 0. The van der Waals surface area contributed by atoms with E-state index >= 15 is 0 Å². The first kappa shape index (κ1) is 22.2. The van der Waals surface area contributed by atoms with E-state index in [-0.39, 0.29) is 19.4 Å². The first-order valence-electron chi connectivity index (χ1n) is 10.7. The van der Waals surface area contributed by atoms with Crippen molar-refractivity contribution in [1.29, 1.82) is 0 Å². The van der Waals surface area contributed by atoms with Crippen LogP contribution in [0.25, 0.3) is 0 Å². The number of nitrogens with one attached hydrogen (secondary N) is 1. The molecule has 2 aliphatic rings. The van der Waals surface area contributed by atoms with Crippen molar-refractivity contribution in [2.24, 2.45) is 0 Å². The molecule has 2 N–H and O–H groups in total. The Morgan fingerprint density at radius 2 is 1.81 bits per heavy atom. The maximum Gasteiger partial charge on any atom is 0.419 e. The van der Waals surface area contributed by atoms with Crippen molar-refractivity contribution in [2.45, 2.75) is 70.2 Å². The summed E-state index contributed by atoms with van der Waals surface area (Å²) < 4.78 is 44.2. The molecule has 2 aromatic rings. The molecule has 2 aliphatic carbocycles. The van der Waals surface area contributed by atoms with Crippen molar-refractivity contribution in [3.05, 3.63) is 46.3 Å². The van der Waals surface area contributed by atoms with E-state index in [1.54, 1.807) is 0 Å². The lowest BCUT2D eigenvalue weighted by Crippen LogP contribution is -2.30. The molecule has 1 aromatic carbocycles. The SMILES string of the molecule is O=C(Nc1c2c(cc3c1CCC3)CCC2)O[C@H](CCCn1cc(C(F)(F)F)cn1)C(=O)O. The van der Waals surface area contributed by atoms with Gasteiger partial charge in [0.05, 0.1) is 17.4 Å². The summed E-state index contributed by atoms with van der Waals surface area (Å²) in [5.74, 6) is -1.31. The number of halogens is 3. The topological polar surface area (TPSA) is 93.5 Å². The van der Waals surface area contributed by atoms with Crippen LogP contribution in [-0.2, 0) is 47.9 Å². The highest BCUT2D eigenvalue weighted by atomic mass is 19.4. The quantitative estimate of drug-likeness (QED) is 0.653. The molecular formula is C22H24F3N3O4. The molecule has 0 unspecified atom stereocenters. The first-order chi connectivity index (χ1) is 15.2. The number of ether oxygens (including phenoxy) is 1. The lowest BCUT2D eigenvalue weighted by atomic mass is 9.99. The lowest BCUT2D eigenvalue weighted by Gasteiger charge is -2.18. The minimum atomic E-state index is -4.49. The van der Waals surface area contributed by atoms with E-state index in [2.05, 4.69) is 16.5 Å². The van der Waals surface area contributed by atoms with Gasteiger partial charge in [0.15, 0.2) is 0 Å². The van der Waals surface area contributed by atoms with Crippen molar-refractivity contribution in [2.75, 3.05) is 5.32 Å². The second kappa shape index (κ2) is 8.84. The molecule has 172 valence electrons. The van der Waals surface area contributed by atoms with E-state index in [4.69, 9.17) is 4.74 Å². The van der Waals surface area contributed by atoms with Gasteiger partial charge in [-0.3, -0.25) is 10.00 Å². The lowest BCUT2D eigenvalue weighted by molar-refractivity contribution is -0.147. The van der Waals surface area contributed by atoms with Crippen molar-refractivity contribution in [3.8, 4) is 0 Å². The van der Waals surface area contributed by atoms with Crippen molar-refractivity contribution in [3.63, 3.8) is 0 Å². The second-order valence-electron chi connectivity index (χ2n) is 8.22. The first-order valence-corrected chi connectivity index (χ1v) is 10.7. The Kier molecular flexibility index (Phi) is 6.12. The number of alkyl halides is 3. The number of hydrogen-bond acceptors (Lipinski definition) is 4. The molecule has 1 aromatic heterocycles. The molecule has 1 amide bonds. The molecule has 32 heavy (non-hydrogen) atoms. The number of carboxylic acids is 1. The van der Waals surface area contributed by atoms with E-state index < -0.39 is 29.9 Å². The number of aryl methyl sites for hydroxylation is 3. The zero-order valence-electron chi connectivity index (χ0n) is 17.4. The van der Waals surface area contributed by atoms with Crippen LogP contribution in [0.4, 0.5) is 23.7 Å². The van der Waals surface area contributed by atoms with Gasteiger partial charge >= 0.3 is 18.2 Å². The Balaban J connectivity index is 1.36. The van der Waals surface area contributed by atoms with Gasteiger partial charge in [0.25, 0.3) is 0 Å². The van der Waals surface area contributed by atoms with Crippen molar-refractivity contribution in [1.82, 2.24) is 9.78 Å². The van der Waals surface area contributed by atoms with Crippen LogP contribution in [0.2, 0.25) is 0 Å². The Hall–Kier alpha value is -3.04. The zero-order valence-corrected chi connectivity index (χ0v) is 17.4. The molecule has 1 heterocycles. The van der Waals surface area contributed by atoms with Gasteiger partial charge in [0.1, 0.15) is 0 Å². The predicted molar refractivity (Wildman–Crippen MR) is 108 cm³/mol. The number of hydrogen-bond donors (Lipinski definition) is 2. The van der Waals surface area contributed by atoms with Gasteiger partial charge in [-0.25, -0.2) is 9.59 Å². The van der Waals surface area contributed by atoms with Gasteiger partial charge in [0.2, 0.25) is 6.10 Å². The number of aromatic nitrogens is 2. The average molecular weight is 451 g/mol. The molecule has 0 radical (unpaired) electrons. The van der Waals surface area contributed by atoms with Gasteiger partial charge in [-0.1, -0.05) is 6.07 Å². The van der Waals surface area contributed by atoms with Crippen LogP contribution in [0, 0.1) is 0 Å². The van der Waals surface area contributed by atoms with Gasteiger partial charge in [-0.05, 0) is 73.6 Å². The molecule has 0 spiro atoms. The number of benzene rings is 1. The predicted octanol–water partition coefficient (Wildman–Crippen LogP) is 4.36. The molecule has 0 saturated heterocycles. The summed E-state index contributed by atoms with van der Waals surface area (Å²) in [4.78, 5) is 24.1. The molecule has 10 heteroatoms. The largest absolute Gasteiger partial charge is 0.479 e. The maximum absolute atomic E-state index is 12.7. The van der Waals surface area contributed by atoms with E-state index in [1.807, 2.05) is 0 Å². The number of fused-ring (bicyclic) bond motifs is 2. The number of carboxylic acid groups (broad SMARTS) is 1. The fourth-order valence-electron chi connectivity index (χ4n) is 4.53. The number of carbonyl (C=O) groups is 2. The Bertz CT molecular complexity index is 1000. The third kappa shape index (κ3) is 4.73. The smallest absolute Gasteiger partial charge is 0.419 e. The second-order valence-corrected chi connectivity index (χ2v) is 8.22. The summed E-state index contributed by atoms with van der Waals surface area (Å²) in [5.41, 5.74) is 4.56. The molecule has 0 fully saturated rings. The highest BCUT2D eigenvalue weighted by molar-refractivity contribution is 5.90. The van der Waals surface area contributed by atoms with E-state index in [1.165, 1.54) is 11.1 Å². The molecule has 0 bridgehead atoms. The van der Waals surface area contributed by atoms with Crippen LogP contribution in [0.5, 0.6) is 0 Å². The van der Waals surface area contributed by atoms with Gasteiger partial charge in [0, 0.05) is 12.7 Å². The fourth-order valence-corrected chi connectivity index (χ4v) is 4.53. The highest BCUT2D eigenvalue weighted by Gasteiger charge is 2.32. The van der Waals surface area contributed by atoms with E-state index in [0.717, 1.165) is 72.4 Å². The molecule has 0 saturated carbocycles. The van der Waals surface area contributed by atoms with Crippen LogP contribution in [0.3, 0.4) is 0 Å². The average Bonchev–Trinajstić information content (AvgIpc) is 3.46. The summed E-state index contributed by atoms with van der Waals surface area (Å²) in [6.07, 6.45) is 0.690. The van der Waals surface area contributed by atoms with Crippen molar-refractivity contribution >= 4 is 17.7 Å². The number of aliphatic carboxylic acids is 1. The van der Waals surface area contributed by atoms with Gasteiger partial charge < -0.3 is 9.84 Å². The number of nitrogens with zero attached hydrogens (tertiary/aromatic N) is 2. The number of amides is 1. The number of carbonyl (C=O) groups excluding carboxylic acids is 1. The van der Waals surface area contributed by atoms with Gasteiger partial charge in [-0.2, -0.15) is 18.3 Å². The Morgan fingerprint density at radius 3 is 2.38 bits per heavy atom. The normalized spacial score (nSPS) is 15.8. The van der Waals surface area contributed by atoms with Crippen LogP contribution in [0.15, 0.2) is 18.5 Å². The summed E-state index contributed by atoms with van der Waals surface area (Å²) in [6, 6.07) is 2.22. The van der Waals surface area contributed by atoms with Gasteiger partial charge in [-0.15, -0.1) is 0 Å². The van der Waals surface area contributed by atoms with Crippen molar-refractivity contribution < 1.29 is 32.6 Å². The third-order valence-corrected chi connectivity index (χ3v) is 6.04. The molecule has 1 atom stereocenters. The summed E-state index contributed by atoms with van der Waals surface area (Å²) in [6.45, 7) is 0.0739. The minimum absolute atomic E-state index is 0.0467. The molecule has 4 rings (SSSR count). The maximum atomic E-state index is 12.7.